The fourth-order valence-electron chi connectivity index (χ4n) is 2.80. The number of carbonyl (C=O) groups excluding carboxylic acids is 2. The first-order valence-electron chi connectivity index (χ1n) is 9.15. The molecule has 0 aliphatic carbocycles. The van der Waals surface area contributed by atoms with Crippen molar-refractivity contribution >= 4 is 23.6 Å². The number of ether oxygens (including phenoxy) is 2. The monoisotopic (exact) mass is 395 g/mol. The third-order valence-electron chi connectivity index (χ3n) is 4.23. The summed E-state index contributed by atoms with van der Waals surface area (Å²) in [5.41, 5.74) is 0.205. The third-order valence-corrected chi connectivity index (χ3v) is 4.23. The fraction of sp³-hybridized carbons (Fsp3) is 0.588. The Balaban J connectivity index is 2.03. The SMILES string of the molecule is CCOCCc1ccnc(NC(=O)N2CCN(C(=O)OCC)CC2)c1[N+](=O)[O-]. The number of amides is 3. The summed E-state index contributed by atoms with van der Waals surface area (Å²) < 4.78 is 10.2. The number of hydrogen-bond acceptors (Lipinski definition) is 7. The molecule has 0 radical (unpaired) electrons. The number of hydrogen-bond donors (Lipinski definition) is 1. The first-order valence-corrected chi connectivity index (χ1v) is 9.15. The second-order valence-corrected chi connectivity index (χ2v) is 5.97. The fourth-order valence-corrected chi connectivity index (χ4v) is 2.80. The molecule has 0 aromatic carbocycles. The summed E-state index contributed by atoms with van der Waals surface area (Å²) in [6.07, 6.45) is 1.35. The van der Waals surface area contributed by atoms with Gasteiger partial charge in [-0.2, -0.15) is 0 Å². The van der Waals surface area contributed by atoms with Crippen LogP contribution in [0.4, 0.5) is 21.1 Å². The van der Waals surface area contributed by atoms with Crippen LogP contribution in [0.5, 0.6) is 0 Å². The summed E-state index contributed by atoms with van der Waals surface area (Å²) in [5.74, 6) is -0.100. The van der Waals surface area contributed by atoms with Crippen molar-refractivity contribution in [1.29, 1.82) is 0 Å². The minimum atomic E-state index is -0.553. The molecule has 0 bridgehead atoms. The first kappa shape index (κ1) is 21.4. The van der Waals surface area contributed by atoms with Crippen molar-refractivity contribution in [1.82, 2.24) is 14.8 Å². The van der Waals surface area contributed by atoms with Crippen molar-refractivity contribution in [2.24, 2.45) is 0 Å². The Bertz CT molecular complexity index is 705. The van der Waals surface area contributed by atoms with Gasteiger partial charge in [0.2, 0.25) is 5.82 Å². The van der Waals surface area contributed by atoms with Crippen molar-refractivity contribution in [3.05, 3.63) is 27.9 Å². The molecule has 3 amide bonds. The maximum Gasteiger partial charge on any atom is 0.409 e. The molecule has 1 aliphatic rings. The molecule has 28 heavy (non-hydrogen) atoms. The molecule has 1 aliphatic heterocycles. The van der Waals surface area contributed by atoms with Crippen LogP contribution in [0.15, 0.2) is 12.3 Å². The lowest BCUT2D eigenvalue weighted by Gasteiger charge is -2.33. The molecule has 0 spiro atoms. The van der Waals surface area contributed by atoms with Gasteiger partial charge in [-0.05, 0) is 19.9 Å². The molecular formula is C17H25N5O6. The van der Waals surface area contributed by atoms with Crippen molar-refractivity contribution < 1.29 is 24.0 Å². The molecule has 1 aromatic rings. The Morgan fingerprint density at radius 1 is 1.21 bits per heavy atom. The number of rotatable bonds is 7. The Morgan fingerprint density at radius 2 is 1.89 bits per heavy atom. The van der Waals surface area contributed by atoms with Crippen molar-refractivity contribution in [3.8, 4) is 0 Å². The Hall–Kier alpha value is -2.95. The number of nitrogens with one attached hydrogen (secondary N) is 1. The number of piperazine rings is 1. The lowest BCUT2D eigenvalue weighted by atomic mass is 10.1. The van der Waals surface area contributed by atoms with E-state index in [-0.39, 0.29) is 18.1 Å². The molecule has 0 unspecified atom stereocenters. The molecule has 1 fully saturated rings. The van der Waals surface area contributed by atoms with E-state index >= 15 is 0 Å². The molecule has 1 saturated heterocycles. The lowest BCUT2D eigenvalue weighted by Crippen LogP contribution is -2.51. The van der Waals surface area contributed by atoms with Crippen LogP contribution in [-0.4, -0.2) is 77.8 Å². The number of pyridine rings is 1. The average molecular weight is 395 g/mol. The number of nitro groups is 1. The normalized spacial score (nSPS) is 13.9. The van der Waals surface area contributed by atoms with Crippen molar-refractivity contribution in [2.45, 2.75) is 20.3 Å². The van der Waals surface area contributed by atoms with Gasteiger partial charge in [0.25, 0.3) is 0 Å². The number of anilines is 1. The summed E-state index contributed by atoms with van der Waals surface area (Å²) in [6.45, 7) is 5.95. The van der Waals surface area contributed by atoms with Crippen LogP contribution < -0.4 is 5.32 Å². The first-order chi connectivity index (χ1) is 13.5. The highest BCUT2D eigenvalue weighted by molar-refractivity contribution is 5.91. The smallest absolute Gasteiger partial charge is 0.409 e. The summed E-state index contributed by atoms with van der Waals surface area (Å²) in [6, 6.07) is 1.05. The minimum absolute atomic E-state index is 0.100. The zero-order chi connectivity index (χ0) is 20.5. The summed E-state index contributed by atoms with van der Waals surface area (Å²) in [4.78, 5) is 42.2. The second kappa shape index (κ2) is 10.4. The van der Waals surface area contributed by atoms with E-state index in [2.05, 4.69) is 10.3 Å². The van der Waals surface area contributed by atoms with Crippen LogP contribution in [0.1, 0.15) is 19.4 Å². The molecule has 2 heterocycles. The maximum atomic E-state index is 12.5. The summed E-state index contributed by atoms with van der Waals surface area (Å²) >= 11 is 0. The molecule has 0 atom stereocenters. The van der Waals surface area contributed by atoms with Gasteiger partial charge in [0.1, 0.15) is 0 Å². The van der Waals surface area contributed by atoms with Gasteiger partial charge >= 0.3 is 17.8 Å². The van der Waals surface area contributed by atoms with Gasteiger partial charge in [-0.25, -0.2) is 14.6 Å². The standard InChI is InChI=1S/C17H25N5O6/c1-3-27-12-6-13-5-7-18-15(14(13)22(25)26)19-16(23)20-8-10-21(11-9-20)17(24)28-4-2/h5,7H,3-4,6,8-12H2,1-2H3,(H,18,19,23). The largest absolute Gasteiger partial charge is 0.450 e. The second-order valence-electron chi connectivity index (χ2n) is 5.97. The van der Waals surface area contributed by atoms with Crippen LogP contribution in [0.2, 0.25) is 0 Å². The third kappa shape index (κ3) is 5.52. The van der Waals surface area contributed by atoms with E-state index in [0.29, 0.717) is 51.4 Å². The number of urea groups is 1. The van der Waals surface area contributed by atoms with E-state index < -0.39 is 17.0 Å². The molecule has 11 nitrogen and oxygen atoms in total. The molecule has 1 N–H and O–H groups in total. The van der Waals surface area contributed by atoms with Gasteiger partial charge in [0, 0.05) is 51.0 Å². The highest BCUT2D eigenvalue weighted by atomic mass is 16.6. The Labute approximate surface area is 162 Å². The zero-order valence-corrected chi connectivity index (χ0v) is 16.0. The minimum Gasteiger partial charge on any atom is -0.450 e. The average Bonchev–Trinajstić information content (AvgIpc) is 2.68. The highest BCUT2D eigenvalue weighted by Gasteiger charge is 2.28. The van der Waals surface area contributed by atoms with Gasteiger partial charge in [0.05, 0.1) is 18.1 Å². The molecular weight excluding hydrogens is 370 g/mol. The number of nitrogens with zero attached hydrogens (tertiary/aromatic N) is 4. The van der Waals surface area contributed by atoms with Gasteiger partial charge in [-0.15, -0.1) is 0 Å². The predicted octanol–water partition coefficient (Wildman–Crippen LogP) is 1.87. The number of carbonyl (C=O) groups is 2. The molecule has 11 heteroatoms. The number of aromatic nitrogens is 1. The van der Waals surface area contributed by atoms with Gasteiger partial charge in [-0.1, -0.05) is 0 Å². The predicted molar refractivity (Wildman–Crippen MR) is 100 cm³/mol. The maximum absolute atomic E-state index is 12.5. The van der Waals surface area contributed by atoms with E-state index in [9.17, 15) is 19.7 Å². The van der Waals surface area contributed by atoms with Gasteiger partial charge < -0.3 is 19.3 Å². The lowest BCUT2D eigenvalue weighted by molar-refractivity contribution is -0.384. The molecule has 154 valence electrons. The topological polar surface area (TPSA) is 127 Å². The molecule has 2 rings (SSSR count). The highest BCUT2D eigenvalue weighted by Crippen LogP contribution is 2.27. The molecule has 0 saturated carbocycles. The van der Waals surface area contributed by atoms with Gasteiger partial charge in [-0.3, -0.25) is 15.4 Å². The van der Waals surface area contributed by atoms with E-state index in [1.165, 1.54) is 16.0 Å². The summed E-state index contributed by atoms with van der Waals surface area (Å²) in [7, 11) is 0. The van der Waals surface area contributed by atoms with Crippen LogP contribution >= 0.6 is 0 Å². The zero-order valence-electron chi connectivity index (χ0n) is 16.0. The van der Waals surface area contributed by atoms with Crippen LogP contribution in [0.3, 0.4) is 0 Å². The Morgan fingerprint density at radius 3 is 2.50 bits per heavy atom. The van der Waals surface area contributed by atoms with Crippen LogP contribution in [0, 0.1) is 10.1 Å². The van der Waals surface area contributed by atoms with E-state index in [0.717, 1.165) is 0 Å². The van der Waals surface area contributed by atoms with Gasteiger partial charge in [0.15, 0.2) is 0 Å². The van der Waals surface area contributed by atoms with Crippen molar-refractivity contribution in [3.63, 3.8) is 0 Å². The quantitative estimate of drug-likeness (QED) is 0.424. The van der Waals surface area contributed by atoms with Crippen LogP contribution in [0.25, 0.3) is 0 Å². The van der Waals surface area contributed by atoms with Crippen LogP contribution in [-0.2, 0) is 15.9 Å². The van der Waals surface area contributed by atoms with E-state index in [1.54, 1.807) is 13.0 Å². The van der Waals surface area contributed by atoms with Crippen molar-refractivity contribution in [2.75, 3.05) is 51.3 Å². The Kier molecular flexibility index (Phi) is 7.93. The van der Waals surface area contributed by atoms with E-state index in [1.807, 2.05) is 6.92 Å². The van der Waals surface area contributed by atoms with E-state index in [4.69, 9.17) is 9.47 Å². The molecule has 1 aromatic heterocycles. The summed E-state index contributed by atoms with van der Waals surface area (Å²) in [5, 5.41) is 14.0.